The Morgan fingerprint density at radius 2 is 1.58 bits per heavy atom. The molecule has 57 heavy (non-hydrogen) atoms. The van der Waals surface area contributed by atoms with Gasteiger partial charge < -0.3 is 25.2 Å². The lowest BCUT2D eigenvalue weighted by Gasteiger charge is -2.53. The molecule has 3 amide bonds. The van der Waals surface area contributed by atoms with Crippen LogP contribution in [0.15, 0.2) is 108 Å². The third kappa shape index (κ3) is 7.52. The predicted octanol–water partition coefficient (Wildman–Crippen LogP) is 8.93. The highest BCUT2D eigenvalue weighted by Gasteiger charge is 2.45. The Labute approximate surface area is 327 Å². The summed E-state index contributed by atoms with van der Waals surface area (Å²) in [6.45, 7) is 6.59. The maximum atomic E-state index is 14.7. The zero-order valence-corrected chi connectivity index (χ0v) is 31.5. The summed E-state index contributed by atoms with van der Waals surface area (Å²) < 4.78 is 48.8. The summed E-state index contributed by atoms with van der Waals surface area (Å²) in [7, 11) is 0. The smallest absolute Gasteiger partial charge is 0.259 e. The average molecular weight is 772 g/mol. The molecule has 0 bridgehead atoms. The molecule has 1 aromatic heterocycles. The Bertz CT molecular complexity index is 2470. The van der Waals surface area contributed by atoms with E-state index in [1.54, 1.807) is 36.4 Å². The van der Waals surface area contributed by atoms with Gasteiger partial charge in [-0.25, -0.2) is 18.2 Å². The van der Waals surface area contributed by atoms with Gasteiger partial charge in [0.25, 0.3) is 17.7 Å². The van der Waals surface area contributed by atoms with Crippen LogP contribution < -0.4 is 20.4 Å². The van der Waals surface area contributed by atoms with Gasteiger partial charge in [0.05, 0.1) is 16.8 Å². The first kappa shape index (κ1) is 37.6. The molecule has 1 spiro atoms. The molecule has 0 radical (unpaired) electrons. The monoisotopic (exact) mass is 771 g/mol. The topological polar surface area (TPSA) is 104 Å². The van der Waals surface area contributed by atoms with Crippen molar-refractivity contribution in [3.63, 3.8) is 0 Å². The highest BCUT2D eigenvalue weighted by Crippen LogP contribution is 2.43. The summed E-state index contributed by atoms with van der Waals surface area (Å²) in [6, 6.07) is 23.6. The first-order valence-corrected chi connectivity index (χ1v) is 18.9. The number of benzene rings is 4. The van der Waals surface area contributed by atoms with E-state index < -0.39 is 29.0 Å². The summed E-state index contributed by atoms with van der Waals surface area (Å²) in [6.07, 6.45) is 3.88. The first-order chi connectivity index (χ1) is 27.5. The van der Waals surface area contributed by atoms with Crippen molar-refractivity contribution in [1.29, 1.82) is 0 Å². The second-order valence-corrected chi connectivity index (χ2v) is 14.9. The highest BCUT2D eigenvalue weighted by atomic mass is 19.1. The van der Waals surface area contributed by atoms with Crippen molar-refractivity contribution in [3.8, 4) is 0 Å². The largest absolute Gasteiger partial charge is 0.381 e. The van der Waals surface area contributed by atoms with E-state index in [2.05, 4.69) is 15.5 Å². The van der Waals surface area contributed by atoms with Gasteiger partial charge in [-0.3, -0.25) is 14.4 Å². The lowest BCUT2D eigenvalue weighted by Crippen LogP contribution is -2.59. The van der Waals surface area contributed by atoms with Crippen molar-refractivity contribution >= 4 is 57.1 Å². The van der Waals surface area contributed by atoms with Crippen LogP contribution in [0.2, 0.25) is 0 Å². The number of aromatic nitrogens is 1. The van der Waals surface area contributed by atoms with Gasteiger partial charge in [-0.1, -0.05) is 30.3 Å². The first-order valence-electron chi connectivity index (χ1n) is 18.9. The number of nitrogens with zero attached hydrogens (tertiary/aromatic N) is 3. The Hall–Kier alpha value is -6.27. The van der Waals surface area contributed by atoms with Gasteiger partial charge in [0.15, 0.2) is 0 Å². The van der Waals surface area contributed by atoms with Crippen molar-refractivity contribution in [2.75, 3.05) is 53.3 Å². The lowest BCUT2D eigenvalue weighted by atomic mass is 9.73. The number of anilines is 4. The summed E-state index contributed by atoms with van der Waals surface area (Å²) in [5.41, 5.74) is 4.25. The van der Waals surface area contributed by atoms with Crippen LogP contribution in [-0.2, 0) is 9.53 Å². The van der Waals surface area contributed by atoms with Crippen LogP contribution in [0.4, 0.5) is 36.1 Å². The Morgan fingerprint density at radius 1 is 0.860 bits per heavy atom. The predicted molar refractivity (Wildman–Crippen MR) is 215 cm³/mol. The van der Waals surface area contributed by atoms with Gasteiger partial charge >= 0.3 is 0 Å². The number of fused-ring (bicyclic) bond motifs is 2. The van der Waals surface area contributed by atoms with E-state index in [-0.39, 0.29) is 29.3 Å². The van der Waals surface area contributed by atoms with E-state index in [0.29, 0.717) is 51.5 Å². The Morgan fingerprint density at radius 3 is 2.32 bits per heavy atom. The van der Waals surface area contributed by atoms with E-state index in [1.165, 1.54) is 30.0 Å². The van der Waals surface area contributed by atoms with Gasteiger partial charge in [-0.15, -0.1) is 0 Å². The van der Waals surface area contributed by atoms with Gasteiger partial charge in [-0.05, 0) is 111 Å². The summed E-state index contributed by atoms with van der Waals surface area (Å²) in [5.74, 6) is -3.09. The fraction of sp³-hybridized carbons (Fsp3) is 0.244. The molecule has 0 saturated carbocycles. The van der Waals surface area contributed by atoms with Crippen molar-refractivity contribution in [2.45, 2.75) is 33.1 Å². The quantitative estimate of drug-likeness (QED) is 0.160. The molecule has 0 atom stereocenters. The highest BCUT2D eigenvalue weighted by molar-refractivity contribution is 6.11. The van der Waals surface area contributed by atoms with Crippen LogP contribution in [0, 0.1) is 22.9 Å². The maximum absolute atomic E-state index is 14.7. The molecular formula is C45H40F3N5O4. The molecule has 2 N–H and O–H groups in total. The van der Waals surface area contributed by atoms with Gasteiger partial charge in [0, 0.05) is 66.0 Å². The molecule has 4 aromatic carbocycles. The van der Waals surface area contributed by atoms with Crippen molar-refractivity contribution in [1.82, 2.24) is 4.98 Å². The van der Waals surface area contributed by atoms with Gasteiger partial charge in [-0.2, -0.15) is 0 Å². The second-order valence-electron chi connectivity index (χ2n) is 14.9. The number of hydrogen-bond donors (Lipinski definition) is 2. The van der Waals surface area contributed by atoms with Crippen LogP contribution in [0.5, 0.6) is 0 Å². The number of amides is 3. The number of carbonyl (C=O) groups excluding carboxylic acids is 3. The zero-order valence-electron chi connectivity index (χ0n) is 31.5. The molecule has 4 heterocycles. The average Bonchev–Trinajstić information content (AvgIpc) is 3.33. The van der Waals surface area contributed by atoms with Gasteiger partial charge in [0.1, 0.15) is 29.0 Å². The number of allylic oxidation sites excluding steroid dienone is 2. The van der Waals surface area contributed by atoms with E-state index in [0.717, 1.165) is 62.2 Å². The Balaban J connectivity index is 1.00. The van der Waals surface area contributed by atoms with E-state index in [1.807, 2.05) is 37.3 Å². The summed E-state index contributed by atoms with van der Waals surface area (Å²) in [5, 5.41) is 6.14. The van der Waals surface area contributed by atoms with Crippen LogP contribution in [0.1, 0.15) is 59.4 Å². The number of pyridine rings is 1. The van der Waals surface area contributed by atoms with Crippen LogP contribution in [0.3, 0.4) is 0 Å². The standard InChI is InChI=1S/C45H40F3N5O4/c1-27(42(54)51-40-36(47)7-5-8-37(40)48)22-30-16-19-53(39-24-32(46)12-15-34(39)28(30)2)44(56)29-10-13-33(14-11-29)49-43(55)35-23-31-6-3-4-9-38(31)50-41(35)52-25-45(26-52)17-20-57-21-18-45/h3-15,22-24H,16-21,25-26H2,1-2H3,(H,49,55)(H,51,54)/b27-22+. The fourth-order valence-electron chi connectivity index (χ4n) is 7.90. The minimum absolute atomic E-state index is 0.149. The maximum Gasteiger partial charge on any atom is 0.259 e. The molecule has 5 aromatic rings. The lowest BCUT2D eigenvalue weighted by molar-refractivity contribution is -0.112. The number of rotatable bonds is 7. The molecule has 2 saturated heterocycles. The number of para-hydroxylation sites is 2. The van der Waals surface area contributed by atoms with Crippen LogP contribution >= 0.6 is 0 Å². The van der Waals surface area contributed by atoms with E-state index in [9.17, 15) is 27.6 Å². The number of hydrogen-bond acceptors (Lipinski definition) is 6. The van der Waals surface area contributed by atoms with E-state index >= 15 is 0 Å². The molecule has 9 nitrogen and oxygen atoms in total. The molecule has 0 aliphatic carbocycles. The van der Waals surface area contributed by atoms with Crippen LogP contribution in [0.25, 0.3) is 16.5 Å². The molecule has 8 rings (SSSR count). The molecule has 12 heteroatoms. The van der Waals surface area contributed by atoms with E-state index in [4.69, 9.17) is 9.72 Å². The second kappa shape index (κ2) is 15.3. The van der Waals surface area contributed by atoms with Gasteiger partial charge in [0.2, 0.25) is 0 Å². The number of ether oxygens (including phenoxy) is 1. The normalized spacial score (nSPS) is 16.5. The summed E-state index contributed by atoms with van der Waals surface area (Å²) in [4.78, 5) is 49.6. The third-order valence-corrected chi connectivity index (χ3v) is 11.2. The van der Waals surface area contributed by atoms with Crippen molar-refractivity contribution < 1.29 is 32.3 Å². The molecule has 3 aliphatic rings. The minimum Gasteiger partial charge on any atom is -0.381 e. The number of halogens is 3. The molecule has 290 valence electrons. The number of nitrogens with one attached hydrogen (secondary N) is 2. The Kier molecular flexibility index (Phi) is 10.1. The SMILES string of the molecule is CC1=C(/C=C(\C)C(=O)Nc2c(F)cccc2F)CCN(C(=O)c2ccc(NC(=O)c3cc4ccccc4nc3N3CC4(CCOCC4)C3)cc2)c2cc(F)ccc21. The minimum atomic E-state index is -0.899. The van der Waals surface area contributed by atoms with Crippen LogP contribution in [-0.4, -0.2) is 55.6 Å². The third-order valence-electron chi connectivity index (χ3n) is 11.2. The van der Waals surface area contributed by atoms with Crippen molar-refractivity contribution in [3.05, 3.63) is 142 Å². The summed E-state index contributed by atoms with van der Waals surface area (Å²) >= 11 is 0. The molecule has 3 aliphatic heterocycles. The fourth-order valence-corrected chi connectivity index (χ4v) is 7.90. The molecular weight excluding hydrogens is 732 g/mol. The number of carbonyl (C=O) groups is 3. The zero-order chi connectivity index (χ0) is 39.8. The molecule has 0 unspecified atom stereocenters. The van der Waals surface area contributed by atoms with Crippen molar-refractivity contribution in [2.24, 2.45) is 5.41 Å². The molecule has 2 fully saturated rings.